The predicted octanol–water partition coefficient (Wildman–Crippen LogP) is 10.4. The summed E-state index contributed by atoms with van der Waals surface area (Å²) in [6.07, 6.45) is 19.6. The molecule has 1 nitrogen and oxygen atoms in total. The van der Waals surface area contributed by atoms with E-state index < -0.39 is 17.5 Å². The topological polar surface area (TPSA) is 9.23 Å². The van der Waals surface area contributed by atoms with Crippen molar-refractivity contribution in [1.29, 1.82) is 0 Å². The summed E-state index contributed by atoms with van der Waals surface area (Å²) in [5.41, 5.74) is 0.929. The molecule has 2 aromatic carbocycles. The second kappa shape index (κ2) is 15.3. The highest BCUT2D eigenvalue weighted by Gasteiger charge is 2.21. The van der Waals surface area contributed by atoms with Gasteiger partial charge in [0.25, 0.3) is 0 Å². The fourth-order valence-electron chi connectivity index (χ4n) is 5.69. The zero-order valence-electron chi connectivity index (χ0n) is 22.4. The zero-order valence-corrected chi connectivity index (χ0v) is 22.4. The van der Waals surface area contributed by atoms with Crippen molar-refractivity contribution in [3.63, 3.8) is 0 Å². The molecule has 0 unspecified atom stereocenters. The van der Waals surface area contributed by atoms with Gasteiger partial charge in [-0.3, -0.25) is 0 Å². The molecular weight excluding hydrogens is 457 g/mol. The molecule has 0 aromatic heterocycles. The Morgan fingerprint density at radius 1 is 0.694 bits per heavy atom. The van der Waals surface area contributed by atoms with Gasteiger partial charge in [-0.05, 0) is 55.4 Å². The van der Waals surface area contributed by atoms with E-state index in [4.69, 9.17) is 4.74 Å². The van der Waals surface area contributed by atoms with E-state index in [0.717, 1.165) is 24.3 Å². The Morgan fingerprint density at radius 3 is 1.94 bits per heavy atom. The van der Waals surface area contributed by atoms with Crippen molar-refractivity contribution in [1.82, 2.24) is 0 Å². The van der Waals surface area contributed by atoms with Gasteiger partial charge in [0, 0.05) is 11.1 Å². The first-order valence-electron chi connectivity index (χ1n) is 14.4. The quantitative estimate of drug-likeness (QED) is 0.220. The van der Waals surface area contributed by atoms with Crippen LogP contribution in [0.25, 0.3) is 11.1 Å². The van der Waals surface area contributed by atoms with Crippen LogP contribution in [0.4, 0.5) is 13.2 Å². The summed E-state index contributed by atoms with van der Waals surface area (Å²) >= 11 is 0. The molecule has 0 bridgehead atoms. The minimum Gasteiger partial charge on any atom is -0.491 e. The lowest BCUT2D eigenvalue weighted by Crippen LogP contribution is -2.15. The Kier molecular flexibility index (Phi) is 12.2. The number of aryl methyl sites for hydroxylation is 1. The van der Waals surface area contributed by atoms with Gasteiger partial charge in [-0.15, -0.1) is 0 Å². The molecular formula is C32H45F3O. The van der Waals surface area contributed by atoms with Crippen LogP contribution in [0.3, 0.4) is 0 Å². The largest absolute Gasteiger partial charge is 0.491 e. The Labute approximate surface area is 216 Å². The lowest BCUT2D eigenvalue weighted by molar-refractivity contribution is 0.248. The third kappa shape index (κ3) is 8.56. The first kappa shape index (κ1) is 28.6. The van der Waals surface area contributed by atoms with E-state index in [1.807, 2.05) is 6.07 Å². The molecule has 0 atom stereocenters. The molecule has 0 aliphatic heterocycles. The lowest BCUT2D eigenvalue weighted by Gasteiger charge is -2.28. The van der Waals surface area contributed by atoms with E-state index in [-0.39, 0.29) is 23.5 Å². The van der Waals surface area contributed by atoms with Crippen molar-refractivity contribution in [2.24, 2.45) is 11.8 Å². The minimum absolute atomic E-state index is 0.0742. The van der Waals surface area contributed by atoms with Gasteiger partial charge in [-0.25, -0.2) is 8.78 Å². The van der Waals surface area contributed by atoms with E-state index in [2.05, 4.69) is 6.92 Å². The minimum atomic E-state index is -1.07. The molecule has 1 saturated carbocycles. The SMILES string of the molecule is CCCCCCCCCCC1CCC(CCc2ccc(-c3ccc(OCC)c(F)c3F)c(F)c2)CC1. The number of hydrogen-bond donors (Lipinski definition) is 0. The molecule has 0 amide bonds. The van der Waals surface area contributed by atoms with Crippen molar-refractivity contribution in [2.45, 2.75) is 110 Å². The van der Waals surface area contributed by atoms with Gasteiger partial charge in [0.05, 0.1) is 6.61 Å². The smallest absolute Gasteiger partial charge is 0.201 e. The third-order valence-corrected chi connectivity index (χ3v) is 7.94. The molecule has 1 aliphatic carbocycles. The third-order valence-electron chi connectivity index (χ3n) is 7.94. The molecule has 3 rings (SSSR count). The molecule has 0 heterocycles. The van der Waals surface area contributed by atoms with Crippen LogP contribution in [0.2, 0.25) is 0 Å². The maximum absolute atomic E-state index is 14.8. The summed E-state index contributed by atoms with van der Waals surface area (Å²) in [7, 11) is 0. The van der Waals surface area contributed by atoms with Crippen LogP contribution < -0.4 is 4.74 Å². The lowest BCUT2D eigenvalue weighted by atomic mass is 9.77. The van der Waals surface area contributed by atoms with Crippen LogP contribution >= 0.6 is 0 Å². The molecule has 2 aromatic rings. The Hall–Kier alpha value is -1.97. The van der Waals surface area contributed by atoms with Crippen molar-refractivity contribution in [3.05, 3.63) is 53.3 Å². The van der Waals surface area contributed by atoms with Gasteiger partial charge < -0.3 is 4.74 Å². The van der Waals surface area contributed by atoms with Gasteiger partial charge in [0.2, 0.25) is 5.82 Å². The Bertz CT molecular complexity index is 918. The van der Waals surface area contributed by atoms with Crippen LogP contribution in [-0.2, 0) is 6.42 Å². The number of hydrogen-bond acceptors (Lipinski definition) is 1. The van der Waals surface area contributed by atoms with E-state index >= 15 is 0 Å². The molecule has 0 radical (unpaired) electrons. The maximum Gasteiger partial charge on any atom is 0.201 e. The average molecular weight is 503 g/mol. The monoisotopic (exact) mass is 502 g/mol. The maximum atomic E-state index is 14.8. The van der Waals surface area contributed by atoms with Gasteiger partial charge in [0.1, 0.15) is 5.82 Å². The number of rotatable bonds is 15. The standard InChI is InChI=1S/C32H45F3O/c1-3-5-6-7-8-9-10-11-12-24-13-15-25(16-14-24)17-18-26-19-20-27(29(33)23-26)28-21-22-30(36-4-2)32(35)31(28)34/h19-25H,3-18H2,1-2H3. The fraction of sp³-hybridized carbons (Fsp3) is 0.625. The second-order valence-corrected chi connectivity index (χ2v) is 10.7. The van der Waals surface area contributed by atoms with Gasteiger partial charge in [-0.1, -0.05) is 103 Å². The molecule has 1 fully saturated rings. The van der Waals surface area contributed by atoms with Crippen molar-refractivity contribution in [3.8, 4) is 16.9 Å². The average Bonchev–Trinajstić information content (AvgIpc) is 2.88. The highest BCUT2D eigenvalue weighted by molar-refractivity contribution is 5.66. The summed E-state index contributed by atoms with van der Waals surface area (Å²) in [5, 5.41) is 0. The fourth-order valence-corrected chi connectivity index (χ4v) is 5.69. The highest BCUT2D eigenvalue weighted by Crippen LogP contribution is 2.35. The normalized spacial score (nSPS) is 17.9. The van der Waals surface area contributed by atoms with Gasteiger partial charge in [-0.2, -0.15) is 4.39 Å². The second-order valence-electron chi connectivity index (χ2n) is 10.7. The number of ether oxygens (including phenoxy) is 1. The van der Waals surface area contributed by atoms with E-state index in [9.17, 15) is 13.2 Å². The summed E-state index contributed by atoms with van der Waals surface area (Å²) in [6, 6.07) is 7.64. The number of halogens is 3. The summed E-state index contributed by atoms with van der Waals surface area (Å²) < 4.78 is 48.7. The Morgan fingerprint density at radius 2 is 1.31 bits per heavy atom. The molecule has 0 spiro atoms. The Balaban J connectivity index is 1.39. The molecule has 36 heavy (non-hydrogen) atoms. The van der Waals surface area contributed by atoms with Crippen LogP contribution in [0.15, 0.2) is 30.3 Å². The van der Waals surface area contributed by atoms with Gasteiger partial charge >= 0.3 is 0 Å². The predicted molar refractivity (Wildman–Crippen MR) is 144 cm³/mol. The number of benzene rings is 2. The highest BCUT2D eigenvalue weighted by atomic mass is 19.2. The molecule has 200 valence electrons. The summed E-state index contributed by atoms with van der Waals surface area (Å²) in [5.74, 6) is -1.21. The first-order valence-corrected chi connectivity index (χ1v) is 14.4. The molecule has 1 aliphatic rings. The van der Waals surface area contributed by atoms with Crippen LogP contribution in [0, 0.1) is 29.3 Å². The van der Waals surface area contributed by atoms with E-state index in [0.29, 0.717) is 5.92 Å². The molecule has 4 heteroatoms. The summed E-state index contributed by atoms with van der Waals surface area (Å²) in [4.78, 5) is 0. The molecule has 0 N–H and O–H groups in total. The zero-order chi connectivity index (χ0) is 25.8. The van der Waals surface area contributed by atoms with Crippen LogP contribution in [-0.4, -0.2) is 6.61 Å². The van der Waals surface area contributed by atoms with E-state index in [1.54, 1.807) is 13.0 Å². The van der Waals surface area contributed by atoms with Crippen LogP contribution in [0.5, 0.6) is 5.75 Å². The first-order chi connectivity index (χ1) is 17.5. The van der Waals surface area contributed by atoms with E-state index in [1.165, 1.54) is 102 Å². The van der Waals surface area contributed by atoms with Crippen molar-refractivity contribution in [2.75, 3.05) is 6.61 Å². The van der Waals surface area contributed by atoms with Crippen molar-refractivity contribution >= 4 is 0 Å². The molecule has 0 saturated heterocycles. The summed E-state index contributed by atoms with van der Waals surface area (Å²) in [6.45, 7) is 4.21. The van der Waals surface area contributed by atoms with Crippen molar-refractivity contribution < 1.29 is 17.9 Å². The van der Waals surface area contributed by atoms with Gasteiger partial charge in [0.15, 0.2) is 11.6 Å². The van der Waals surface area contributed by atoms with Crippen LogP contribution in [0.1, 0.15) is 109 Å². The number of unbranched alkanes of at least 4 members (excludes halogenated alkanes) is 7.